The summed E-state index contributed by atoms with van der Waals surface area (Å²) in [6, 6.07) is 4.04. The number of alkyl halides is 1. The van der Waals surface area contributed by atoms with Crippen LogP contribution in [0.5, 0.6) is 0 Å². The number of aliphatic hydroxyl groups is 4. The van der Waals surface area contributed by atoms with Crippen LogP contribution in [-0.4, -0.2) is 310 Å². The van der Waals surface area contributed by atoms with Crippen LogP contribution in [0.2, 0.25) is 0 Å². The first-order chi connectivity index (χ1) is 70.5. The van der Waals surface area contributed by atoms with Crippen LogP contribution < -0.4 is 0 Å². The summed E-state index contributed by atoms with van der Waals surface area (Å²) in [6.45, 7) is 38.6. The van der Waals surface area contributed by atoms with E-state index in [4.69, 9.17) is 72.9 Å². The molecular weight excluding hydrogens is 2020 g/mol. The Morgan fingerprint density at radius 3 is 0.822 bits per heavy atom. The summed E-state index contributed by atoms with van der Waals surface area (Å²) < 4.78 is 55.4. The van der Waals surface area contributed by atoms with E-state index in [-0.39, 0.29) is 147 Å². The lowest BCUT2D eigenvalue weighted by molar-refractivity contribution is -0.146. The Balaban J connectivity index is -0.000000252. The Labute approximate surface area is 906 Å². The van der Waals surface area contributed by atoms with Crippen LogP contribution in [0.3, 0.4) is 0 Å². The lowest BCUT2D eigenvalue weighted by atomic mass is 9.96. The van der Waals surface area contributed by atoms with Crippen molar-refractivity contribution >= 4 is 145 Å². The third kappa shape index (κ3) is 153. The molecule has 0 radical (unpaired) electrons. The molecule has 0 bridgehead atoms. The van der Waals surface area contributed by atoms with Gasteiger partial charge in [0, 0.05) is 134 Å². The molecule has 2 rings (SSSR count). The number of aliphatic hydroxyl groups excluding tert-OH is 4. The highest BCUT2D eigenvalue weighted by molar-refractivity contribution is 9.09. The fourth-order valence-corrected chi connectivity index (χ4v) is 14.0. The van der Waals surface area contributed by atoms with Crippen LogP contribution in [0.1, 0.15) is 350 Å². The average molecular weight is 2220 g/mol. The van der Waals surface area contributed by atoms with Crippen molar-refractivity contribution in [1.82, 2.24) is 4.90 Å². The number of carbonyl (C=O) groups excluding carboxylic acids is 12. The van der Waals surface area contributed by atoms with Crippen LogP contribution in [-0.2, 0) is 114 Å². The predicted octanol–water partition coefficient (Wildman–Crippen LogP) is 20.4. The van der Waals surface area contributed by atoms with Gasteiger partial charge >= 0.3 is 29.8 Å². The number of carboxylic acids is 1. The molecule has 0 heterocycles. The summed E-state index contributed by atoms with van der Waals surface area (Å²) >= 11 is 13.3. The zero-order valence-electron chi connectivity index (χ0n) is 90.5. The van der Waals surface area contributed by atoms with E-state index in [0.29, 0.717) is 226 Å². The number of thiol groups is 2. The Morgan fingerprint density at radius 2 is 0.582 bits per heavy atom. The molecule has 0 aromatic carbocycles. The molecular formula is C109H196BrN3O29S4. The first-order valence-electron chi connectivity index (χ1n) is 53.0. The van der Waals surface area contributed by atoms with Crippen LogP contribution >= 0.6 is 64.7 Å². The van der Waals surface area contributed by atoms with Gasteiger partial charge < -0.3 is 82.5 Å². The number of allylic oxidation sites excluding steroid dienone is 3. The van der Waals surface area contributed by atoms with Gasteiger partial charge in [-0.05, 0) is 179 Å². The highest BCUT2D eigenvalue weighted by Crippen LogP contribution is 2.23. The Kier molecular flexibility index (Phi) is 144. The van der Waals surface area contributed by atoms with E-state index in [1.165, 1.54) is 114 Å². The van der Waals surface area contributed by atoms with Crippen molar-refractivity contribution in [1.29, 1.82) is 0 Å². The number of aliphatic carboxylic acids is 1. The van der Waals surface area contributed by atoms with E-state index in [2.05, 4.69) is 120 Å². The zero-order chi connectivity index (χ0) is 111. The van der Waals surface area contributed by atoms with Crippen LogP contribution in [0, 0.1) is 0 Å². The monoisotopic (exact) mass is 2220 g/mol. The van der Waals surface area contributed by atoms with Gasteiger partial charge in [0.15, 0.2) is 15.3 Å². The first kappa shape index (κ1) is 155. The number of Topliss-reactive ketones (excluding diaryl/α,β-unsaturated/α-hetero) is 5. The van der Waals surface area contributed by atoms with Crippen molar-refractivity contribution in [3.63, 3.8) is 0 Å². The SMILES string of the molecule is C(=NC1CCCCC1)=NC1CCCCC1.C=CCBr.C=CCCCC(=O)CCCCC(=O)O.C=CCCCC(=O)CCCCC(=O)OCCOCCO.C=CCOCCOCCOC(=O)CCCCC(=O)CCCCCS.C=CCOCCOCCOC(=O)CCCCC(=O)CCCCCSC(C)=O.CC(=O)S.CC(=O)SCCCCCC(=O)CCCCC(=O)OCCOCCO.CCN(CC)CC.OCCOCCO. The van der Waals surface area contributed by atoms with Gasteiger partial charge in [-0.2, -0.15) is 12.6 Å². The van der Waals surface area contributed by atoms with Crippen molar-refractivity contribution in [3.8, 4) is 0 Å². The number of carbonyl (C=O) groups is 13. The molecule has 2 saturated carbocycles. The number of rotatable bonds is 86. The molecule has 0 unspecified atom stereocenters. The summed E-state index contributed by atoms with van der Waals surface area (Å²) in [5, 5.41) is 42.5. The fourth-order valence-electron chi connectivity index (χ4n) is 12.5. The van der Waals surface area contributed by atoms with E-state index in [1.54, 1.807) is 38.2 Å². The standard InChI is InChI=1S/C20H34O6S.C18H32O5S.C17H30O6S.C15H26O5.C13H22N2.C11H18O3.C6H15N.C4H10O3.C3H5Br.C2H4OS/c1-3-12-24-13-14-25-15-16-26-20(23)11-7-6-10-19(22)9-5-4-8-17-27-18(2)21;1-2-11-21-12-13-22-14-15-23-18(20)10-6-5-9-17(19)8-4-3-7-16-24;1-15(19)24-14-6-2-3-7-16(20)8-4-5-9-17(21)23-13-12-22-11-10-18;1-2-3-4-7-14(17)8-5-6-9-15(18)20-13-12-19-11-10-16;1-3-7-12(8-4-1)14-11-15-13-9-5-2-6-10-13;1-2-3-4-7-10(12)8-5-6-9-11(13)14;1-4-7(5-2)6-3;5-1-3-7-4-2-6;1-2-3-4;1-2(3)4/h3H,1,4-17H2,2H3;2,24H,1,3-16H2;18H,2-14H2,1H3;2,16H,1,3-13H2;12-13H,1-10H2;2H,1,3-9H2,(H,13,14);4-6H2,1-3H3;5-6H,1-4H2;2H,1,3H2;1H3,(H,3,4). The molecule has 0 amide bonds. The lowest BCUT2D eigenvalue weighted by Crippen LogP contribution is -2.21. The number of ether oxygens (including phenoxy) is 11. The number of thioether (sulfide) groups is 2. The summed E-state index contributed by atoms with van der Waals surface area (Å²) in [7, 11) is 0. The molecule has 37 heteroatoms. The minimum Gasteiger partial charge on any atom is -0.481 e. The quantitative estimate of drug-likeness (QED) is 0.00565. The number of esters is 4. The van der Waals surface area contributed by atoms with Gasteiger partial charge in [0.05, 0.1) is 137 Å². The number of ketones is 5. The van der Waals surface area contributed by atoms with Crippen molar-refractivity contribution in [2.45, 2.75) is 362 Å². The Bertz CT molecular complexity index is 3130. The van der Waals surface area contributed by atoms with Crippen molar-refractivity contribution in [2.24, 2.45) is 9.98 Å². The van der Waals surface area contributed by atoms with Gasteiger partial charge in [0.2, 0.25) is 0 Å². The third-order valence-corrected chi connectivity index (χ3v) is 22.9. The summed E-state index contributed by atoms with van der Waals surface area (Å²) in [6.07, 6.45) is 48.1. The minimum atomic E-state index is -0.788. The van der Waals surface area contributed by atoms with E-state index >= 15 is 0 Å². The molecule has 0 saturated heterocycles. The largest absolute Gasteiger partial charge is 0.481 e. The fraction of sp³-hybridized carbons (Fsp3) is 0.780. The van der Waals surface area contributed by atoms with Crippen LogP contribution in [0.4, 0.5) is 0 Å². The van der Waals surface area contributed by atoms with E-state index < -0.39 is 5.97 Å². The molecule has 5 N–H and O–H groups in total. The third-order valence-electron chi connectivity index (χ3n) is 20.3. The topological polar surface area (TPSA) is 453 Å². The summed E-state index contributed by atoms with van der Waals surface area (Å²) in [4.78, 5) is 156. The molecule has 0 aromatic rings. The number of halogens is 1. The van der Waals surface area contributed by atoms with Gasteiger partial charge in [0.1, 0.15) is 55.3 Å². The number of hydrogen-bond donors (Lipinski definition) is 7. The number of hydrogen-bond acceptors (Lipinski definition) is 34. The van der Waals surface area contributed by atoms with Crippen LogP contribution in [0.25, 0.3) is 0 Å². The second kappa shape index (κ2) is 135. The number of nitrogens with zero attached hydrogens (tertiary/aromatic N) is 3. The van der Waals surface area contributed by atoms with Crippen LogP contribution in [0.15, 0.2) is 73.3 Å². The minimum absolute atomic E-state index is 0.0278. The number of aliphatic imine (C=N–C) groups is 2. The normalized spacial score (nSPS) is 11.6. The second-order valence-corrected chi connectivity index (χ2v) is 37.7. The average Bonchev–Trinajstić information content (AvgIpc) is 0.938. The zero-order valence-corrected chi connectivity index (χ0v) is 95.5. The van der Waals surface area contributed by atoms with E-state index in [0.717, 1.165) is 119 Å². The molecule has 852 valence electrons. The van der Waals surface area contributed by atoms with Gasteiger partial charge in [-0.3, -0.25) is 62.3 Å². The maximum atomic E-state index is 11.8. The number of unbranched alkanes of at least 4 members (excludes halogenated alkanes) is 13. The molecule has 2 aliphatic rings. The smallest absolute Gasteiger partial charge is 0.305 e. The molecule has 2 fully saturated rings. The predicted molar refractivity (Wildman–Crippen MR) is 598 cm³/mol. The summed E-state index contributed by atoms with van der Waals surface area (Å²) in [5.74, 6) is 1.97. The maximum Gasteiger partial charge on any atom is 0.305 e. The molecule has 2 aliphatic carbocycles. The highest BCUT2D eigenvalue weighted by atomic mass is 79.9. The van der Waals surface area contributed by atoms with Gasteiger partial charge in [0.25, 0.3) is 0 Å². The van der Waals surface area contributed by atoms with E-state index in [1.807, 2.05) is 6.08 Å². The Hall–Kier alpha value is -5.81. The van der Waals surface area contributed by atoms with Crippen molar-refractivity contribution < 1.29 is 140 Å². The first-order valence-corrected chi connectivity index (χ1v) is 57.2. The second-order valence-electron chi connectivity index (χ2n) is 33.4. The molecule has 32 nitrogen and oxygen atoms in total. The lowest BCUT2D eigenvalue weighted by Gasteiger charge is -2.17. The van der Waals surface area contributed by atoms with E-state index in [9.17, 15) is 62.3 Å². The van der Waals surface area contributed by atoms with Crippen molar-refractivity contribution in [2.75, 3.05) is 188 Å². The molecule has 0 aliphatic heterocycles. The number of carboxylic acid groups (broad SMARTS) is 1. The Morgan fingerprint density at radius 1 is 0.342 bits per heavy atom. The van der Waals surface area contributed by atoms with Gasteiger partial charge in [-0.15, -0.1) is 45.5 Å². The van der Waals surface area contributed by atoms with Crippen molar-refractivity contribution in [3.05, 3.63) is 63.3 Å². The molecule has 0 aromatic heterocycles. The molecule has 146 heavy (non-hydrogen) atoms. The maximum absolute atomic E-state index is 11.8. The summed E-state index contributed by atoms with van der Waals surface area (Å²) in [5.41, 5.74) is 0. The molecule has 0 atom stereocenters. The van der Waals surface area contributed by atoms with Gasteiger partial charge in [-0.1, -0.05) is 148 Å². The van der Waals surface area contributed by atoms with Gasteiger partial charge in [-0.25, -0.2) is 9.98 Å². The highest BCUT2D eigenvalue weighted by Gasteiger charge is 2.16. The molecule has 0 spiro atoms.